The number of likely N-dealkylation sites (tertiary alicyclic amines) is 1. The Morgan fingerprint density at radius 1 is 1.30 bits per heavy atom. The Kier molecular flexibility index (Phi) is 5.95. The van der Waals surface area contributed by atoms with E-state index in [9.17, 15) is 9.90 Å². The van der Waals surface area contributed by atoms with Crippen LogP contribution in [0.5, 0.6) is 0 Å². The zero-order chi connectivity index (χ0) is 17.2. The Morgan fingerprint density at radius 2 is 1.87 bits per heavy atom. The minimum absolute atomic E-state index is 0.0471. The summed E-state index contributed by atoms with van der Waals surface area (Å²) in [7, 11) is 1.76. The van der Waals surface area contributed by atoms with Gasteiger partial charge < -0.3 is 15.3 Å². The highest BCUT2D eigenvalue weighted by Gasteiger charge is 2.34. The SMILES string of the molecule is CC1CC(C)CN(C(C)(C)CNC(=O)N(C)CC(O)C2CC2)C1. The van der Waals surface area contributed by atoms with Crippen molar-refractivity contribution < 1.29 is 9.90 Å². The minimum Gasteiger partial charge on any atom is -0.391 e. The number of rotatable bonds is 6. The molecule has 1 saturated heterocycles. The third-order valence-electron chi connectivity index (χ3n) is 5.37. The molecule has 0 spiro atoms. The van der Waals surface area contributed by atoms with Gasteiger partial charge in [-0.25, -0.2) is 4.79 Å². The topological polar surface area (TPSA) is 55.8 Å². The molecule has 5 heteroatoms. The summed E-state index contributed by atoms with van der Waals surface area (Å²) in [5.74, 6) is 1.83. The number of piperidine rings is 1. The van der Waals surface area contributed by atoms with Gasteiger partial charge in [0.05, 0.1) is 6.10 Å². The predicted molar refractivity (Wildman–Crippen MR) is 93.4 cm³/mol. The number of nitrogens with zero attached hydrogens (tertiary/aromatic N) is 2. The van der Waals surface area contributed by atoms with Gasteiger partial charge in [0.15, 0.2) is 0 Å². The molecule has 3 unspecified atom stereocenters. The van der Waals surface area contributed by atoms with Gasteiger partial charge in [-0.2, -0.15) is 0 Å². The van der Waals surface area contributed by atoms with Gasteiger partial charge in [0, 0.05) is 38.8 Å². The number of urea groups is 1. The Balaban J connectivity index is 1.79. The van der Waals surface area contributed by atoms with E-state index < -0.39 is 0 Å². The lowest BCUT2D eigenvalue weighted by atomic mass is 9.88. The monoisotopic (exact) mass is 325 g/mol. The van der Waals surface area contributed by atoms with E-state index in [0.29, 0.717) is 30.8 Å². The van der Waals surface area contributed by atoms with Crippen LogP contribution in [0.2, 0.25) is 0 Å². The second kappa shape index (κ2) is 7.39. The van der Waals surface area contributed by atoms with Crippen molar-refractivity contribution in [1.29, 1.82) is 0 Å². The molecule has 1 aliphatic heterocycles. The molecule has 0 aromatic heterocycles. The van der Waals surface area contributed by atoms with E-state index in [1.807, 2.05) is 0 Å². The molecule has 0 aromatic rings. The molecule has 2 rings (SSSR count). The summed E-state index contributed by atoms with van der Waals surface area (Å²) in [5, 5.41) is 13.0. The van der Waals surface area contributed by atoms with Crippen LogP contribution in [-0.4, -0.2) is 65.8 Å². The van der Waals surface area contributed by atoms with Gasteiger partial charge in [-0.05, 0) is 50.9 Å². The molecule has 2 N–H and O–H groups in total. The van der Waals surface area contributed by atoms with Crippen LogP contribution in [0.15, 0.2) is 0 Å². The molecule has 2 amide bonds. The lowest BCUT2D eigenvalue weighted by Gasteiger charge is -2.45. The first-order valence-corrected chi connectivity index (χ1v) is 9.11. The Hall–Kier alpha value is -0.810. The fraction of sp³-hybridized carbons (Fsp3) is 0.944. The van der Waals surface area contributed by atoms with Gasteiger partial charge >= 0.3 is 6.03 Å². The fourth-order valence-corrected chi connectivity index (χ4v) is 3.69. The average Bonchev–Trinajstić information content (AvgIpc) is 3.28. The van der Waals surface area contributed by atoms with Crippen LogP contribution in [-0.2, 0) is 0 Å². The summed E-state index contributed by atoms with van der Waals surface area (Å²) in [6, 6.07) is -0.0871. The second-order valence-corrected chi connectivity index (χ2v) is 8.61. The molecule has 1 saturated carbocycles. The maximum Gasteiger partial charge on any atom is 0.317 e. The Morgan fingerprint density at radius 3 is 2.39 bits per heavy atom. The number of aliphatic hydroxyl groups excluding tert-OH is 1. The van der Waals surface area contributed by atoms with Crippen molar-refractivity contribution in [2.24, 2.45) is 17.8 Å². The third-order valence-corrected chi connectivity index (χ3v) is 5.37. The highest BCUT2D eigenvalue weighted by atomic mass is 16.3. The number of aliphatic hydroxyl groups is 1. The van der Waals surface area contributed by atoms with Crippen molar-refractivity contribution in [3.63, 3.8) is 0 Å². The van der Waals surface area contributed by atoms with E-state index in [-0.39, 0.29) is 17.7 Å². The van der Waals surface area contributed by atoms with Gasteiger partial charge in [0.25, 0.3) is 0 Å². The van der Waals surface area contributed by atoms with Gasteiger partial charge in [0.2, 0.25) is 0 Å². The molecule has 23 heavy (non-hydrogen) atoms. The molecular weight excluding hydrogens is 290 g/mol. The van der Waals surface area contributed by atoms with Crippen molar-refractivity contribution in [3.05, 3.63) is 0 Å². The van der Waals surface area contributed by atoms with E-state index in [1.54, 1.807) is 11.9 Å². The molecule has 0 aromatic carbocycles. The molecule has 0 radical (unpaired) electrons. The number of carbonyl (C=O) groups is 1. The molecule has 2 aliphatic rings. The van der Waals surface area contributed by atoms with Gasteiger partial charge in [0.1, 0.15) is 0 Å². The summed E-state index contributed by atoms with van der Waals surface area (Å²) < 4.78 is 0. The first-order chi connectivity index (χ1) is 10.7. The van der Waals surface area contributed by atoms with Crippen LogP contribution in [0.25, 0.3) is 0 Å². The van der Waals surface area contributed by atoms with Crippen molar-refractivity contribution in [3.8, 4) is 0 Å². The van der Waals surface area contributed by atoms with Gasteiger partial charge in [-0.15, -0.1) is 0 Å². The van der Waals surface area contributed by atoms with Crippen LogP contribution in [0.3, 0.4) is 0 Å². The normalized spacial score (nSPS) is 27.6. The lowest BCUT2D eigenvalue weighted by molar-refractivity contribution is 0.0459. The Labute approximate surface area is 141 Å². The zero-order valence-electron chi connectivity index (χ0n) is 15.5. The van der Waals surface area contributed by atoms with E-state index in [0.717, 1.165) is 25.9 Å². The molecule has 5 nitrogen and oxygen atoms in total. The average molecular weight is 325 g/mol. The zero-order valence-corrected chi connectivity index (χ0v) is 15.5. The quantitative estimate of drug-likeness (QED) is 0.787. The maximum absolute atomic E-state index is 12.3. The summed E-state index contributed by atoms with van der Waals surface area (Å²) >= 11 is 0. The molecule has 134 valence electrons. The first kappa shape index (κ1) is 18.5. The van der Waals surface area contributed by atoms with Crippen molar-refractivity contribution in [1.82, 2.24) is 15.1 Å². The number of carbonyl (C=O) groups excluding carboxylic acids is 1. The van der Waals surface area contributed by atoms with Crippen molar-refractivity contribution >= 4 is 6.03 Å². The van der Waals surface area contributed by atoms with Crippen LogP contribution in [0.4, 0.5) is 4.79 Å². The van der Waals surface area contributed by atoms with E-state index in [2.05, 4.69) is 37.9 Å². The van der Waals surface area contributed by atoms with Crippen LogP contribution < -0.4 is 5.32 Å². The summed E-state index contributed by atoms with van der Waals surface area (Å²) in [6.45, 7) is 12.3. The molecule has 1 heterocycles. The predicted octanol–water partition coefficient (Wildman–Crippen LogP) is 2.16. The highest BCUT2D eigenvalue weighted by molar-refractivity contribution is 5.73. The van der Waals surface area contributed by atoms with Crippen molar-refractivity contribution in [2.75, 3.05) is 33.2 Å². The molecule has 1 aliphatic carbocycles. The smallest absolute Gasteiger partial charge is 0.317 e. The molecule has 3 atom stereocenters. The van der Waals surface area contributed by atoms with Gasteiger partial charge in [-0.3, -0.25) is 4.90 Å². The minimum atomic E-state index is -0.373. The van der Waals surface area contributed by atoms with Crippen molar-refractivity contribution in [2.45, 2.75) is 58.6 Å². The third kappa shape index (κ3) is 5.35. The van der Waals surface area contributed by atoms with Crippen LogP contribution in [0, 0.1) is 17.8 Å². The first-order valence-electron chi connectivity index (χ1n) is 9.11. The Bertz CT molecular complexity index is 399. The molecule has 2 fully saturated rings. The summed E-state index contributed by atoms with van der Waals surface area (Å²) in [4.78, 5) is 16.4. The number of amides is 2. The van der Waals surface area contributed by atoms with Crippen LogP contribution >= 0.6 is 0 Å². The number of hydrogen-bond acceptors (Lipinski definition) is 3. The van der Waals surface area contributed by atoms with Gasteiger partial charge in [-0.1, -0.05) is 13.8 Å². The largest absolute Gasteiger partial charge is 0.391 e. The van der Waals surface area contributed by atoms with E-state index in [4.69, 9.17) is 0 Å². The summed E-state index contributed by atoms with van der Waals surface area (Å²) in [6.07, 6.45) is 3.10. The molecule has 0 bridgehead atoms. The standard InChI is InChI=1S/C18H35N3O2/c1-13-8-14(2)10-21(9-13)18(3,4)12-19-17(23)20(5)11-16(22)15-6-7-15/h13-16,22H,6-12H2,1-5H3,(H,19,23). The highest BCUT2D eigenvalue weighted by Crippen LogP contribution is 2.32. The summed E-state index contributed by atoms with van der Waals surface area (Å²) in [5.41, 5.74) is -0.0471. The maximum atomic E-state index is 12.3. The number of likely N-dealkylation sites (N-methyl/N-ethyl adjacent to an activating group) is 1. The number of hydrogen-bond donors (Lipinski definition) is 2. The van der Waals surface area contributed by atoms with Crippen LogP contribution in [0.1, 0.15) is 47.0 Å². The lowest BCUT2D eigenvalue weighted by Crippen LogP contribution is -2.57. The number of nitrogens with one attached hydrogen (secondary N) is 1. The van der Waals surface area contributed by atoms with E-state index >= 15 is 0 Å². The molecular formula is C18H35N3O2. The second-order valence-electron chi connectivity index (χ2n) is 8.61. The van der Waals surface area contributed by atoms with E-state index in [1.165, 1.54) is 6.42 Å². The fourth-order valence-electron chi connectivity index (χ4n) is 3.69.